The monoisotopic (exact) mass is 263 g/mol. The number of esters is 1. The minimum Gasteiger partial charge on any atom is -0.460 e. The van der Waals surface area contributed by atoms with Gasteiger partial charge in [-0.05, 0) is 32.6 Å². The molecule has 1 heterocycles. The maximum Gasteiger partial charge on any atom is 0.333 e. The first-order valence-corrected chi connectivity index (χ1v) is 6.43. The first-order valence-electron chi connectivity index (χ1n) is 6.43. The smallest absolute Gasteiger partial charge is 0.333 e. The van der Waals surface area contributed by atoms with E-state index in [1.165, 1.54) is 4.90 Å². The standard InChI is InChI=1S/C14H17NO4/c1-9(2)14(18)19-8-7-15-12(16)10-5-3-4-6-11(10)13(15)17/h1,3-8H2,2H3. The molecule has 0 saturated carbocycles. The van der Waals surface area contributed by atoms with Gasteiger partial charge in [0.05, 0.1) is 6.54 Å². The van der Waals surface area contributed by atoms with E-state index in [9.17, 15) is 14.4 Å². The number of ether oxygens (including phenoxy) is 1. The molecule has 0 radical (unpaired) electrons. The van der Waals surface area contributed by atoms with Crippen LogP contribution in [0.25, 0.3) is 0 Å². The van der Waals surface area contributed by atoms with Gasteiger partial charge in [0.2, 0.25) is 0 Å². The number of rotatable bonds is 4. The van der Waals surface area contributed by atoms with Crippen LogP contribution in [0.4, 0.5) is 0 Å². The van der Waals surface area contributed by atoms with Gasteiger partial charge in [-0.3, -0.25) is 14.5 Å². The molecule has 0 unspecified atom stereocenters. The summed E-state index contributed by atoms with van der Waals surface area (Å²) in [4.78, 5) is 36.5. The molecule has 2 rings (SSSR count). The van der Waals surface area contributed by atoms with E-state index in [0.717, 1.165) is 12.8 Å². The highest BCUT2D eigenvalue weighted by atomic mass is 16.5. The van der Waals surface area contributed by atoms with Gasteiger partial charge in [-0.25, -0.2) is 4.79 Å². The van der Waals surface area contributed by atoms with Crippen molar-refractivity contribution in [2.24, 2.45) is 0 Å². The van der Waals surface area contributed by atoms with Crippen molar-refractivity contribution in [3.8, 4) is 0 Å². The zero-order valence-electron chi connectivity index (χ0n) is 11.0. The summed E-state index contributed by atoms with van der Waals surface area (Å²) in [6.45, 7) is 5.15. The summed E-state index contributed by atoms with van der Waals surface area (Å²) >= 11 is 0. The van der Waals surface area contributed by atoms with Crippen LogP contribution < -0.4 is 0 Å². The lowest BCUT2D eigenvalue weighted by molar-refractivity contribution is -0.144. The van der Waals surface area contributed by atoms with Crippen molar-refractivity contribution in [1.82, 2.24) is 4.90 Å². The van der Waals surface area contributed by atoms with Crippen molar-refractivity contribution in [2.75, 3.05) is 13.2 Å². The SMILES string of the molecule is C=C(C)C(=O)OCCN1C(=O)C2=C(CCCC2)C1=O. The molecule has 0 spiro atoms. The van der Waals surface area contributed by atoms with Gasteiger partial charge in [0.15, 0.2) is 0 Å². The van der Waals surface area contributed by atoms with Gasteiger partial charge in [0.25, 0.3) is 11.8 Å². The molecule has 0 bridgehead atoms. The molecule has 0 N–H and O–H groups in total. The number of nitrogens with zero attached hydrogens (tertiary/aromatic N) is 1. The molecular weight excluding hydrogens is 246 g/mol. The van der Waals surface area contributed by atoms with Crippen molar-refractivity contribution in [3.05, 3.63) is 23.3 Å². The Morgan fingerprint density at radius 3 is 2.21 bits per heavy atom. The van der Waals surface area contributed by atoms with Crippen LogP contribution in [0.15, 0.2) is 23.3 Å². The fraction of sp³-hybridized carbons (Fsp3) is 0.500. The fourth-order valence-corrected chi connectivity index (χ4v) is 2.35. The summed E-state index contributed by atoms with van der Waals surface area (Å²) in [7, 11) is 0. The molecule has 19 heavy (non-hydrogen) atoms. The molecule has 5 heteroatoms. The Hall–Kier alpha value is -1.91. The second kappa shape index (κ2) is 5.38. The zero-order chi connectivity index (χ0) is 14.0. The Kier molecular flexibility index (Phi) is 3.83. The largest absolute Gasteiger partial charge is 0.460 e. The summed E-state index contributed by atoms with van der Waals surface area (Å²) in [5.41, 5.74) is 1.61. The summed E-state index contributed by atoms with van der Waals surface area (Å²) in [6.07, 6.45) is 3.27. The zero-order valence-corrected chi connectivity index (χ0v) is 11.0. The molecule has 1 aliphatic carbocycles. The lowest BCUT2D eigenvalue weighted by Crippen LogP contribution is -2.35. The van der Waals surface area contributed by atoms with Gasteiger partial charge in [0, 0.05) is 16.7 Å². The molecule has 2 aliphatic rings. The maximum absolute atomic E-state index is 12.0. The summed E-state index contributed by atoms with van der Waals surface area (Å²) in [6, 6.07) is 0. The Balaban J connectivity index is 1.93. The summed E-state index contributed by atoms with van der Waals surface area (Å²) in [5, 5.41) is 0. The fourth-order valence-electron chi connectivity index (χ4n) is 2.35. The van der Waals surface area contributed by atoms with E-state index < -0.39 is 5.97 Å². The van der Waals surface area contributed by atoms with Crippen LogP contribution in [0.5, 0.6) is 0 Å². The molecule has 0 fully saturated rings. The molecule has 0 aromatic rings. The molecule has 0 saturated heterocycles. The second-order valence-corrected chi connectivity index (χ2v) is 4.84. The van der Waals surface area contributed by atoms with Crippen LogP contribution in [0.2, 0.25) is 0 Å². The van der Waals surface area contributed by atoms with E-state index in [1.54, 1.807) is 6.92 Å². The molecular formula is C14H17NO4. The second-order valence-electron chi connectivity index (χ2n) is 4.84. The van der Waals surface area contributed by atoms with Crippen LogP contribution in [-0.2, 0) is 19.1 Å². The predicted octanol–water partition coefficient (Wildman–Crippen LogP) is 1.35. The third-order valence-corrected chi connectivity index (χ3v) is 3.37. The van der Waals surface area contributed by atoms with Gasteiger partial charge in [0.1, 0.15) is 6.61 Å². The molecule has 5 nitrogen and oxygen atoms in total. The summed E-state index contributed by atoms with van der Waals surface area (Å²) in [5.74, 6) is -0.936. The molecule has 0 atom stereocenters. The van der Waals surface area contributed by atoms with Crippen molar-refractivity contribution in [2.45, 2.75) is 32.6 Å². The number of hydrogen-bond acceptors (Lipinski definition) is 4. The third-order valence-electron chi connectivity index (χ3n) is 3.37. The number of carbonyl (C=O) groups is 3. The van der Waals surface area contributed by atoms with Gasteiger partial charge >= 0.3 is 5.97 Å². The van der Waals surface area contributed by atoms with Gasteiger partial charge in [-0.1, -0.05) is 6.58 Å². The average Bonchev–Trinajstić information content (AvgIpc) is 2.64. The Bertz CT molecular complexity index is 462. The first kappa shape index (κ1) is 13.5. The highest BCUT2D eigenvalue weighted by Crippen LogP contribution is 2.32. The van der Waals surface area contributed by atoms with Crippen molar-refractivity contribution in [1.29, 1.82) is 0 Å². The maximum atomic E-state index is 12.0. The van der Waals surface area contributed by atoms with Gasteiger partial charge in [-0.2, -0.15) is 0 Å². The van der Waals surface area contributed by atoms with E-state index in [1.807, 2.05) is 0 Å². The van der Waals surface area contributed by atoms with Crippen LogP contribution in [0.3, 0.4) is 0 Å². The molecule has 1 aliphatic heterocycles. The molecule has 2 amide bonds. The Morgan fingerprint density at radius 1 is 1.21 bits per heavy atom. The highest BCUT2D eigenvalue weighted by molar-refractivity contribution is 6.19. The number of imide groups is 1. The van der Waals surface area contributed by atoms with E-state index in [2.05, 4.69) is 6.58 Å². The Labute approximate surface area is 111 Å². The van der Waals surface area contributed by atoms with Crippen molar-refractivity contribution < 1.29 is 19.1 Å². The van der Waals surface area contributed by atoms with Crippen LogP contribution in [0.1, 0.15) is 32.6 Å². The minimum atomic E-state index is -0.503. The van der Waals surface area contributed by atoms with Gasteiger partial charge in [-0.15, -0.1) is 0 Å². The third kappa shape index (κ3) is 2.59. The van der Waals surface area contributed by atoms with Crippen molar-refractivity contribution >= 4 is 17.8 Å². The Morgan fingerprint density at radius 2 is 1.74 bits per heavy atom. The number of amides is 2. The molecule has 0 aromatic carbocycles. The lowest BCUT2D eigenvalue weighted by Gasteiger charge is -2.14. The topological polar surface area (TPSA) is 63.7 Å². The highest BCUT2D eigenvalue weighted by Gasteiger charge is 2.38. The average molecular weight is 263 g/mol. The molecule has 102 valence electrons. The number of hydrogen-bond donors (Lipinski definition) is 0. The van der Waals surface area contributed by atoms with Crippen molar-refractivity contribution in [3.63, 3.8) is 0 Å². The predicted molar refractivity (Wildman–Crippen MR) is 68.0 cm³/mol. The molecule has 0 aromatic heterocycles. The van der Waals surface area contributed by atoms with E-state index >= 15 is 0 Å². The van der Waals surface area contributed by atoms with Crippen LogP contribution in [-0.4, -0.2) is 35.8 Å². The number of carbonyl (C=O) groups excluding carboxylic acids is 3. The minimum absolute atomic E-state index is 0.0176. The van der Waals surface area contributed by atoms with Crippen LogP contribution in [0, 0.1) is 0 Å². The van der Waals surface area contributed by atoms with E-state index in [4.69, 9.17) is 4.74 Å². The van der Waals surface area contributed by atoms with Gasteiger partial charge < -0.3 is 4.74 Å². The van der Waals surface area contributed by atoms with E-state index in [0.29, 0.717) is 29.6 Å². The normalized spacial score (nSPS) is 18.7. The quantitative estimate of drug-likeness (QED) is 0.436. The van der Waals surface area contributed by atoms with Crippen LogP contribution >= 0.6 is 0 Å². The lowest BCUT2D eigenvalue weighted by atomic mass is 9.93. The van der Waals surface area contributed by atoms with E-state index in [-0.39, 0.29) is 25.0 Å². The summed E-state index contributed by atoms with van der Waals surface area (Å²) < 4.78 is 4.91. The first-order chi connectivity index (χ1) is 9.02.